The molecule has 4 rings (SSSR count). The molecule has 0 unspecified atom stereocenters. The first-order valence-corrected chi connectivity index (χ1v) is 10.7. The van der Waals surface area contributed by atoms with E-state index in [0.717, 1.165) is 0 Å². The van der Waals surface area contributed by atoms with E-state index in [0.29, 0.717) is 10.8 Å². The fourth-order valence-corrected chi connectivity index (χ4v) is 4.03. The highest BCUT2D eigenvalue weighted by molar-refractivity contribution is 5.93. The van der Waals surface area contributed by atoms with E-state index in [1.165, 1.54) is 12.1 Å². The number of hydrogen-bond acceptors (Lipinski definition) is 12. The molecule has 2 heterocycles. The minimum absolute atomic E-state index is 0.223. The average Bonchev–Trinajstić information content (AvgIpc) is 2.85. The molecule has 0 aromatic heterocycles. The molecule has 2 saturated heterocycles. The third-order valence-electron chi connectivity index (χ3n) is 6.03. The molecule has 8 N–H and O–H groups in total. The molecule has 2 aromatic carbocycles. The SMILES string of the molecule is OC[C@H]1O[C@@H](Oc2ccc(O[C@@H]3O[C@H](CO)[C@H](O)[C@H](O)[C@H]3O)c3ccccc23)[C@H](O)[C@@H](O)[C@H]1O. The highest BCUT2D eigenvalue weighted by Crippen LogP contribution is 2.36. The number of hydrogen-bond donors (Lipinski definition) is 8. The maximum atomic E-state index is 10.3. The van der Waals surface area contributed by atoms with Crippen LogP contribution in [0.15, 0.2) is 36.4 Å². The molecule has 0 bridgehead atoms. The third kappa shape index (κ3) is 4.57. The van der Waals surface area contributed by atoms with E-state index in [-0.39, 0.29) is 11.5 Å². The smallest absolute Gasteiger partial charge is 0.229 e. The molecule has 2 fully saturated rings. The van der Waals surface area contributed by atoms with Crippen molar-refractivity contribution in [2.75, 3.05) is 13.2 Å². The molecular weight excluding hydrogens is 456 g/mol. The highest BCUT2D eigenvalue weighted by Gasteiger charge is 2.46. The van der Waals surface area contributed by atoms with Gasteiger partial charge in [0.25, 0.3) is 0 Å². The van der Waals surface area contributed by atoms with Gasteiger partial charge >= 0.3 is 0 Å². The summed E-state index contributed by atoms with van der Waals surface area (Å²) in [5.74, 6) is 0.446. The van der Waals surface area contributed by atoms with Gasteiger partial charge in [-0.1, -0.05) is 24.3 Å². The van der Waals surface area contributed by atoms with Crippen molar-refractivity contribution >= 4 is 10.8 Å². The van der Waals surface area contributed by atoms with E-state index in [1.54, 1.807) is 24.3 Å². The second-order valence-electron chi connectivity index (χ2n) is 8.24. The zero-order valence-corrected chi connectivity index (χ0v) is 17.9. The molecule has 0 spiro atoms. The average molecular weight is 484 g/mol. The minimum Gasteiger partial charge on any atom is -0.461 e. The van der Waals surface area contributed by atoms with E-state index < -0.39 is 74.6 Å². The maximum absolute atomic E-state index is 10.3. The van der Waals surface area contributed by atoms with Crippen LogP contribution in [0.4, 0.5) is 0 Å². The lowest BCUT2D eigenvalue weighted by molar-refractivity contribution is -0.277. The molecule has 0 saturated carbocycles. The Morgan fingerprint density at radius 1 is 0.559 bits per heavy atom. The Kier molecular flexibility index (Phi) is 7.54. The van der Waals surface area contributed by atoms with Gasteiger partial charge in [0.05, 0.1) is 13.2 Å². The summed E-state index contributed by atoms with van der Waals surface area (Å²) in [6.07, 6.45) is -14.5. The van der Waals surface area contributed by atoms with Gasteiger partial charge in [-0.3, -0.25) is 0 Å². The van der Waals surface area contributed by atoms with Crippen molar-refractivity contribution in [2.24, 2.45) is 0 Å². The lowest BCUT2D eigenvalue weighted by Crippen LogP contribution is -2.60. The second-order valence-corrected chi connectivity index (χ2v) is 8.24. The highest BCUT2D eigenvalue weighted by atomic mass is 16.7. The van der Waals surface area contributed by atoms with Gasteiger partial charge in [0.2, 0.25) is 12.6 Å². The zero-order valence-electron chi connectivity index (χ0n) is 17.9. The van der Waals surface area contributed by atoms with Crippen LogP contribution in [0.2, 0.25) is 0 Å². The monoisotopic (exact) mass is 484 g/mol. The quantitative estimate of drug-likeness (QED) is 0.210. The Morgan fingerprint density at radius 2 is 0.941 bits per heavy atom. The van der Waals surface area contributed by atoms with Crippen LogP contribution in [-0.2, 0) is 9.47 Å². The zero-order chi connectivity index (χ0) is 24.6. The number of rotatable bonds is 6. The first-order chi connectivity index (χ1) is 16.3. The van der Waals surface area contributed by atoms with Crippen LogP contribution in [0.25, 0.3) is 10.8 Å². The summed E-state index contributed by atoms with van der Waals surface area (Å²) >= 11 is 0. The Balaban J connectivity index is 1.60. The Hall–Kier alpha value is -2.10. The van der Waals surface area contributed by atoms with E-state index >= 15 is 0 Å². The van der Waals surface area contributed by atoms with Crippen molar-refractivity contribution in [2.45, 2.75) is 61.4 Å². The fraction of sp³-hybridized carbons (Fsp3) is 0.545. The first-order valence-electron chi connectivity index (χ1n) is 10.7. The molecule has 12 heteroatoms. The molecular formula is C22H28O12. The van der Waals surface area contributed by atoms with Crippen LogP contribution in [0.3, 0.4) is 0 Å². The molecule has 12 nitrogen and oxygen atoms in total. The molecule has 0 aliphatic carbocycles. The van der Waals surface area contributed by atoms with Gasteiger partial charge in [-0.25, -0.2) is 0 Å². The molecule has 0 radical (unpaired) electrons. The second kappa shape index (κ2) is 10.3. The number of aliphatic hydroxyl groups excluding tert-OH is 8. The predicted octanol–water partition coefficient (Wildman–Crippen LogP) is -2.80. The van der Waals surface area contributed by atoms with E-state index in [2.05, 4.69) is 0 Å². The molecule has 34 heavy (non-hydrogen) atoms. The standard InChI is InChI=1S/C22H28O12/c23-7-13-15(25)17(27)19(29)21(33-13)31-11-5-6-12(10-4-2-1-3-9(10)11)32-22-20(30)18(28)16(26)14(8-24)34-22/h1-6,13-30H,7-8H2/t13-,14-,15+,16+,17+,18+,19-,20-,21-,22-/m1/s1. The van der Waals surface area contributed by atoms with Gasteiger partial charge in [0, 0.05) is 10.8 Å². The van der Waals surface area contributed by atoms with Crippen molar-refractivity contribution in [1.82, 2.24) is 0 Å². The van der Waals surface area contributed by atoms with Gasteiger partial charge in [-0.15, -0.1) is 0 Å². The van der Waals surface area contributed by atoms with Gasteiger partial charge in [-0.2, -0.15) is 0 Å². The van der Waals surface area contributed by atoms with Gasteiger partial charge in [0.1, 0.15) is 60.3 Å². The predicted molar refractivity (Wildman–Crippen MR) is 113 cm³/mol. The van der Waals surface area contributed by atoms with Crippen LogP contribution in [0, 0.1) is 0 Å². The minimum atomic E-state index is -1.60. The largest absolute Gasteiger partial charge is 0.461 e. The van der Waals surface area contributed by atoms with E-state index in [1.807, 2.05) is 0 Å². The number of aliphatic hydroxyl groups is 8. The molecule has 10 atom stereocenters. The fourth-order valence-electron chi connectivity index (χ4n) is 4.03. The van der Waals surface area contributed by atoms with Crippen LogP contribution in [0.5, 0.6) is 11.5 Å². The normalized spacial score (nSPS) is 38.6. The summed E-state index contributed by atoms with van der Waals surface area (Å²) in [6.45, 7) is -1.20. The van der Waals surface area contributed by atoms with Crippen molar-refractivity contribution in [3.05, 3.63) is 36.4 Å². The van der Waals surface area contributed by atoms with E-state index in [4.69, 9.17) is 18.9 Å². The van der Waals surface area contributed by atoms with Crippen molar-refractivity contribution in [3.8, 4) is 11.5 Å². The van der Waals surface area contributed by atoms with E-state index in [9.17, 15) is 40.9 Å². The lowest BCUT2D eigenvalue weighted by Gasteiger charge is -2.40. The summed E-state index contributed by atoms with van der Waals surface area (Å²) in [5.41, 5.74) is 0. The molecule has 2 aliphatic heterocycles. The molecule has 2 aliphatic rings. The number of ether oxygens (including phenoxy) is 4. The summed E-state index contributed by atoms with van der Waals surface area (Å²) in [6, 6.07) is 9.72. The van der Waals surface area contributed by atoms with Crippen LogP contribution in [0.1, 0.15) is 0 Å². The first kappa shape index (κ1) is 25.0. The van der Waals surface area contributed by atoms with Crippen molar-refractivity contribution in [3.63, 3.8) is 0 Å². The Morgan fingerprint density at radius 3 is 1.29 bits per heavy atom. The summed E-state index contributed by atoms with van der Waals surface area (Å²) in [5, 5.41) is 80.2. The summed E-state index contributed by atoms with van der Waals surface area (Å²) in [7, 11) is 0. The van der Waals surface area contributed by atoms with Crippen LogP contribution < -0.4 is 9.47 Å². The molecule has 2 aromatic rings. The number of benzene rings is 2. The van der Waals surface area contributed by atoms with Crippen molar-refractivity contribution in [1.29, 1.82) is 0 Å². The van der Waals surface area contributed by atoms with Crippen LogP contribution in [-0.4, -0.2) is 115 Å². The molecule has 188 valence electrons. The molecule has 0 amide bonds. The Labute approximate surface area is 193 Å². The topological polar surface area (TPSA) is 199 Å². The Bertz CT molecular complexity index is 892. The van der Waals surface area contributed by atoms with Crippen LogP contribution >= 0.6 is 0 Å². The maximum Gasteiger partial charge on any atom is 0.229 e. The van der Waals surface area contributed by atoms with Crippen molar-refractivity contribution < 1.29 is 59.8 Å². The van der Waals surface area contributed by atoms with Gasteiger partial charge < -0.3 is 59.8 Å². The van der Waals surface area contributed by atoms with Gasteiger partial charge in [-0.05, 0) is 12.1 Å². The summed E-state index contributed by atoms with van der Waals surface area (Å²) < 4.78 is 22.3. The van der Waals surface area contributed by atoms with Gasteiger partial charge in [0.15, 0.2) is 0 Å². The number of fused-ring (bicyclic) bond motifs is 1. The third-order valence-corrected chi connectivity index (χ3v) is 6.03. The lowest BCUT2D eigenvalue weighted by atomic mass is 9.99. The summed E-state index contributed by atoms with van der Waals surface area (Å²) in [4.78, 5) is 0.